The molecule has 0 aromatic heterocycles. The third-order valence-electron chi connectivity index (χ3n) is 6.05. The fraction of sp³-hybridized carbons (Fsp3) is 0.250. The molecule has 1 saturated heterocycles. The van der Waals surface area contributed by atoms with Crippen LogP contribution in [0.4, 0.5) is 5.69 Å². The molecule has 3 aromatic carbocycles. The summed E-state index contributed by atoms with van der Waals surface area (Å²) in [6, 6.07) is 25.7. The van der Waals surface area contributed by atoms with Crippen LogP contribution in [0.25, 0.3) is 6.08 Å². The van der Waals surface area contributed by atoms with E-state index in [1.165, 1.54) is 5.56 Å². The van der Waals surface area contributed by atoms with Crippen LogP contribution >= 0.6 is 11.6 Å². The number of aryl methyl sites for hydroxylation is 1. The Hall–Kier alpha value is -2.92. The van der Waals surface area contributed by atoms with Crippen molar-refractivity contribution in [1.82, 2.24) is 9.80 Å². The van der Waals surface area contributed by atoms with Crippen molar-refractivity contribution in [2.75, 3.05) is 38.0 Å². The highest BCUT2D eigenvalue weighted by Gasteiger charge is 2.30. The normalized spacial score (nSPS) is 16.1. The van der Waals surface area contributed by atoms with Crippen LogP contribution in [0.1, 0.15) is 22.7 Å². The lowest BCUT2D eigenvalue weighted by atomic mass is 10.0. The predicted octanol–water partition coefficient (Wildman–Crippen LogP) is 5.66. The first-order valence-corrected chi connectivity index (χ1v) is 11.8. The molecule has 33 heavy (non-hydrogen) atoms. The van der Waals surface area contributed by atoms with Crippen LogP contribution in [-0.4, -0.2) is 48.4 Å². The number of carbonyl (C=O) groups is 1. The molecule has 170 valence electrons. The van der Waals surface area contributed by atoms with E-state index in [1.54, 1.807) is 0 Å². The van der Waals surface area contributed by atoms with Crippen molar-refractivity contribution in [3.63, 3.8) is 0 Å². The summed E-state index contributed by atoms with van der Waals surface area (Å²) >= 11 is 6.27. The molecule has 1 unspecified atom stereocenters. The number of halogens is 1. The van der Waals surface area contributed by atoms with Crippen LogP contribution in [0.2, 0.25) is 5.02 Å². The second-order valence-corrected chi connectivity index (χ2v) is 8.82. The maximum absolute atomic E-state index is 13.4. The zero-order valence-electron chi connectivity index (χ0n) is 19.0. The summed E-state index contributed by atoms with van der Waals surface area (Å²) in [6.07, 6.45) is 4.38. The number of hydrogen-bond donors (Lipinski definition) is 1. The number of carbonyl (C=O) groups excluding carboxylic acids is 1. The molecule has 3 aromatic rings. The third kappa shape index (κ3) is 6.32. The first-order valence-electron chi connectivity index (χ1n) is 11.4. The number of anilines is 1. The van der Waals surface area contributed by atoms with Gasteiger partial charge in [-0.15, -0.1) is 0 Å². The lowest BCUT2D eigenvalue weighted by molar-refractivity contribution is -0.122. The number of hydrogen-bond acceptors (Lipinski definition) is 3. The van der Waals surface area contributed by atoms with Crippen LogP contribution in [0, 0.1) is 6.92 Å². The van der Waals surface area contributed by atoms with Crippen molar-refractivity contribution in [2.24, 2.45) is 0 Å². The number of rotatable bonds is 7. The van der Waals surface area contributed by atoms with Gasteiger partial charge in [0.15, 0.2) is 0 Å². The van der Waals surface area contributed by atoms with Crippen LogP contribution < -0.4 is 5.32 Å². The molecule has 0 aliphatic carbocycles. The number of amides is 1. The summed E-state index contributed by atoms with van der Waals surface area (Å²) in [5.41, 5.74) is 3.94. The van der Waals surface area contributed by atoms with Crippen LogP contribution in [-0.2, 0) is 4.79 Å². The standard InChI is InChI=1S/C28H30ClN3O/c1-22-14-15-25(21-26(22)29)30-28(33)27(24-12-6-3-7-13-24)32-19-17-31(18-20-32)16-8-11-23-9-4-2-5-10-23/h2-15,21,27H,16-20H2,1H3,(H,30,33). The SMILES string of the molecule is Cc1ccc(NC(=O)C(c2ccccc2)N2CCN(CC=Cc3ccccc3)CC2)cc1Cl. The fourth-order valence-corrected chi connectivity index (χ4v) is 4.33. The van der Waals surface area contributed by atoms with Gasteiger partial charge in [-0.3, -0.25) is 14.6 Å². The van der Waals surface area contributed by atoms with Crippen LogP contribution in [0.5, 0.6) is 0 Å². The maximum atomic E-state index is 13.4. The number of piperazine rings is 1. The van der Waals surface area contributed by atoms with Gasteiger partial charge < -0.3 is 5.32 Å². The van der Waals surface area contributed by atoms with E-state index in [-0.39, 0.29) is 11.9 Å². The third-order valence-corrected chi connectivity index (χ3v) is 6.46. The molecule has 0 radical (unpaired) electrons. The molecule has 1 amide bonds. The van der Waals surface area contributed by atoms with Crippen molar-refractivity contribution in [1.29, 1.82) is 0 Å². The Labute approximate surface area is 201 Å². The van der Waals surface area contributed by atoms with Gasteiger partial charge in [-0.2, -0.15) is 0 Å². The molecule has 1 aliphatic rings. The minimum Gasteiger partial charge on any atom is -0.324 e. The number of nitrogens with zero attached hydrogens (tertiary/aromatic N) is 2. The summed E-state index contributed by atoms with van der Waals surface area (Å²) in [5, 5.41) is 3.73. The van der Waals surface area contributed by atoms with E-state index >= 15 is 0 Å². The smallest absolute Gasteiger partial charge is 0.246 e. The van der Waals surface area contributed by atoms with E-state index in [0.29, 0.717) is 5.02 Å². The van der Waals surface area contributed by atoms with Crippen molar-refractivity contribution < 1.29 is 4.79 Å². The second-order valence-electron chi connectivity index (χ2n) is 8.42. The lowest BCUT2D eigenvalue weighted by Gasteiger charge is -2.38. The zero-order valence-corrected chi connectivity index (χ0v) is 19.7. The highest BCUT2D eigenvalue weighted by atomic mass is 35.5. The zero-order chi connectivity index (χ0) is 23.0. The number of nitrogens with one attached hydrogen (secondary N) is 1. The van der Waals surface area contributed by atoms with Gasteiger partial charge in [-0.1, -0.05) is 90.5 Å². The predicted molar refractivity (Wildman–Crippen MR) is 137 cm³/mol. The summed E-state index contributed by atoms with van der Waals surface area (Å²) in [4.78, 5) is 18.1. The Kier molecular flexibility index (Phi) is 7.95. The fourth-order valence-electron chi connectivity index (χ4n) is 4.15. The van der Waals surface area contributed by atoms with Gasteiger partial charge in [0.1, 0.15) is 6.04 Å². The average molecular weight is 460 g/mol. The van der Waals surface area contributed by atoms with E-state index < -0.39 is 0 Å². The lowest BCUT2D eigenvalue weighted by Crippen LogP contribution is -2.50. The summed E-state index contributed by atoms with van der Waals surface area (Å²) in [6.45, 7) is 6.38. The Morgan fingerprint density at radius 1 is 0.970 bits per heavy atom. The van der Waals surface area contributed by atoms with E-state index in [9.17, 15) is 4.79 Å². The molecule has 1 atom stereocenters. The molecule has 1 aliphatic heterocycles. The quantitative estimate of drug-likeness (QED) is 0.495. The molecule has 1 heterocycles. The summed E-state index contributed by atoms with van der Waals surface area (Å²) < 4.78 is 0. The van der Waals surface area contributed by atoms with Gasteiger partial charge in [0, 0.05) is 43.4 Å². The minimum atomic E-state index is -0.340. The monoisotopic (exact) mass is 459 g/mol. The molecular formula is C28H30ClN3O. The first-order chi connectivity index (χ1) is 16.1. The van der Waals surface area contributed by atoms with E-state index in [2.05, 4.69) is 51.5 Å². The van der Waals surface area contributed by atoms with Crippen molar-refractivity contribution in [2.45, 2.75) is 13.0 Å². The average Bonchev–Trinajstić information content (AvgIpc) is 2.84. The summed E-state index contributed by atoms with van der Waals surface area (Å²) in [5.74, 6) is -0.0291. The summed E-state index contributed by atoms with van der Waals surface area (Å²) in [7, 11) is 0. The van der Waals surface area contributed by atoms with Gasteiger partial charge in [0.05, 0.1) is 0 Å². The van der Waals surface area contributed by atoms with E-state index in [1.807, 2.05) is 61.5 Å². The first kappa shape index (κ1) is 23.2. The van der Waals surface area contributed by atoms with Crippen molar-refractivity contribution >= 4 is 29.3 Å². The van der Waals surface area contributed by atoms with Gasteiger partial charge in [-0.25, -0.2) is 0 Å². The van der Waals surface area contributed by atoms with Crippen LogP contribution in [0.15, 0.2) is 84.9 Å². The Bertz CT molecular complexity index is 1080. The largest absolute Gasteiger partial charge is 0.324 e. The van der Waals surface area contributed by atoms with Gasteiger partial charge >= 0.3 is 0 Å². The Morgan fingerprint density at radius 3 is 2.30 bits per heavy atom. The molecule has 0 saturated carbocycles. The molecule has 0 bridgehead atoms. The highest BCUT2D eigenvalue weighted by molar-refractivity contribution is 6.31. The number of benzene rings is 3. The van der Waals surface area contributed by atoms with Crippen molar-refractivity contribution in [3.05, 3.63) is 107 Å². The molecule has 5 heteroatoms. The van der Waals surface area contributed by atoms with E-state index in [4.69, 9.17) is 11.6 Å². The highest BCUT2D eigenvalue weighted by Crippen LogP contribution is 2.26. The molecule has 1 N–H and O–H groups in total. The topological polar surface area (TPSA) is 35.6 Å². The molecular weight excluding hydrogens is 430 g/mol. The maximum Gasteiger partial charge on any atom is 0.246 e. The Morgan fingerprint density at radius 2 is 1.64 bits per heavy atom. The molecule has 4 nitrogen and oxygen atoms in total. The van der Waals surface area contributed by atoms with Gasteiger partial charge in [0.2, 0.25) is 5.91 Å². The van der Waals surface area contributed by atoms with Gasteiger partial charge in [0.25, 0.3) is 0 Å². The molecule has 4 rings (SSSR count). The molecule has 1 fully saturated rings. The molecule has 0 spiro atoms. The van der Waals surface area contributed by atoms with E-state index in [0.717, 1.165) is 49.5 Å². The Balaban J connectivity index is 1.41. The van der Waals surface area contributed by atoms with Gasteiger partial charge in [-0.05, 0) is 35.7 Å². The minimum absolute atomic E-state index is 0.0291. The second kappa shape index (κ2) is 11.3. The van der Waals surface area contributed by atoms with Crippen molar-refractivity contribution in [3.8, 4) is 0 Å². The van der Waals surface area contributed by atoms with Crippen LogP contribution in [0.3, 0.4) is 0 Å².